The molecule has 0 bridgehead atoms. The van der Waals surface area contributed by atoms with Gasteiger partial charge in [-0.3, -0.25) is 9.48 Å². The summed E-state index contributed by atoms with van der Waals surface area (Å²) < 4.78 is 6.91. The van der Waals surface area contributed by atoms with Gasteiger partial charge in [0.1, 0.15) is 0 Å². The molecule has 0 aliphatic rings. The molecule has 1 N–H and O–H groups in total. The van der Waals surface area contributed by atoms with Gasteiger partial charge in [0.05, 0.1) is 12.2 Å². The van der Waals surface area contributed by atoms with Crippen molar-refractivity contribution in [3.05, 3.63) is 83.6 Å². The second-order valence-corrected chi connectivity index (χ2v) is 6.95. The molecule has 0 fully saturated rings. The number of carbonyl (C=O) groups is 1. The second-order valence-electron chi connectivity index (χ2n) is 6.95. The Morgan fingerprint density at radius 3 is 2.62 bits per heavy atom. The van der Waals surface area contributed by atoms with Crippen molar-refractivity contribution in [1.29, 1.82) is 0 Å². The molecule has 1 aromatic heterocycles. The van der Waals surface area contributed by atoms with Crippen molar-refractivity contribution >= 4 is 12.0 Å². The van der Waals surface area contributed by atoms with E-state index in [9.17, 15) is 4.79 Å². The molecule has 29 heavy (non-hydrogen) atoms. The number of methoxy groups -OCH3 is 1. The minimum Gasteiger partial charge on any atom is -0.385 e. The fourth-order valence-corrected chi connectivity index (χ4v) is 3.00. The van der Waals surface area contributed by atoms with E-state index in [1.807, 2.05) is 35.2 Å². The van der Waals surface area contributed by atoms with Gasteiger partial charge in [-0.05, 0) is 25.0 Å². The predicted octanol–water partition coefficient (Wildman–Crippen LogP) is 4.07. The number of amides is 1. The third-order valence-corrected chi connectivity index (χ3v) is 4.54. The summed E-state index contributed by atoms with van der Waals surface area (Å²) in [5.74, 6) is -0.119. The normalized spacial score (nSPS) is 11.1. The van der Waals surface area contributed by atoms with Crippen LogP contribution < -0.4 is 5.32 Å². The third kappa shape index (κ3) is 6.16. The minimum absolute atomic E-state index is 0.119. The van der Waals surface area contributed by atoms with Crippen LogP contribution >= 0.6 is 0 Å². The SMILES string of the molecule is COCCCNC(=O)/C=C/c1cn(Cc2ccccc2)nc1-c1ccc(C)cc1. The van der Waals surface area contributed by atoms with Gasteiger partial charge in [0.25, 0.3) is 0 Å². The highest BCUT2D eigenvalue weighted by molar-refractivity contribution is 5.92. The summed E-state index contributed by atoms with van der Waals surface area (Å²) >= 11 is 0. The average molecular weight is 389 g/mol. The Kier molecular flexibility index (Phi) is 7.36. The number of aryl methyl sites for hydroxylation is 1. The first-order valence-corrected chi connectivity index (χ1v) is 9.79. The van der Waals surface area contributed by atoms with Crippen molar-refractivity contribution < 1.29 is 9.53 Å². The van der Waals surface area contributed by atoms with Crippen LogP contribution in [0.4, 0.5) is 0 Å². The van der Waals surface area contributed by atoms with E-state index in [4.69, 9.17) is 9.84 Å². The number of ether oxygens (including phenoxy) is 1. The maximum absolute atomic E-state index is 12.1. The first-order valence-electron chi connectivity index (χ1n) is 9.79. The minimum atomic E-state index is -0.119. The molecule has 0 spiro atoms. The number of hydrogen-bond acceptors (Lipinski definition) is 3. The largest absolute Gasteiger partial charge is 0.385 e. The molecule has 150 valence electrons. The highest BCUT2D eigenvalue weighted by Crippen LogP contribution is 2.24. The molecule has 0 atom stereocenters. The summed E-state index contributed by atoms with van der Waals surface area (Å²) in [6, 6.07) is 18.5. The molecule has 1 heterocycles. The number of carbonyl (C=O) groups excluding carboxylic acids is 1. The van der Waals surface area contributed by atoms with Crippen molar-refractivity contribution in [2.45, 2.75) is 19.9 Å². The van der Waals surface area contributed by atoms with Gasteiger partial charge in [0.15, 0.2) is 0 Å². The lowest BCUT2D eigenvalue weighted by atomic mass is 10.1. The lowest BCUT2D eigenvalue weighted by Crippen LogP contribution is -2.22. The second kappa shape index (κ2) is 10.4. The van der Waals surface area contributed by atoms with Gasteiger partial charge in [0.2, 0.25) is 5.91 Å². The molecule has 3 rings (SSSR count). The standard InChI is InChI=1S/C24H27N3O2/c1-19-9-11-21(12-10-19)24-22(13-14-23(28)25-15-6-16-29-2)18-27(26-24)17-20-7-4-3-5-8-20/h3-5,7-14,18H,6,15-17H2,1-2H3,(H,25,28)/b14-13+. The Hall–Kier alpha value is -3.18. The van der Waals surface area contributed by atoms with Crippen LogP contribution in [0.15, 0.2) is 66.9 Å². The lowest BCUT2D eigenvalue weighted by Gasteiger charge is -2.02. The molecule has 0 aliphatic heterocycles. The van der Waals surface area contributed by atoms with Gasteiger partial charge in [-0.15, -0.1) is 0 Å². The smallest absolute Gasteiger partial charge is 0.244 e. The van der Waals surface area contributed by atoms with E-state index in [2.05, 4.69) is 48.6 Å². The Bertz CT molecular complexity index is 944. The Balaban J connectivity index is 1.80. The molecule has 1 amide bonds. The monoisotopic (exact) mass is 389 g/mol. The zero-order valence-electron chi connectivity index (χ0n) is 17.0. The summed E-state index contributed by atoms with van der Waals surface area (Å²) in [6.07, 6.45) is 6.17. The first kappa shape index (κ1) is 20.6. The maximum Gasteiger partial charge on any atom is 0.244 e. The number of nitrogens with one attached hydrogen (secondary N) is 1. The number of hydrogen-bond donors (Lipinski definition) is 1. The molecule has 5 nitrogen and oxygen atoms in total. The Morgan fingerprint density at radius 1 is 1.14 bits per heavy atom. The van der Waals surface area contributed by atoms with Crippen LogP contribution in [0.2, 0.25) is 0 Å². The number of nitrogens with zero attached hydrogens (tertiary/aromatic N) is 2. The Morgan fingerprint density at radius 2 is 1.90 bits per heavy atom. The van der Waals surface area contributed by atoms with Crippen LogP contribution in [0, 0.1) is 6.92 Å². The van der Waals surface area contributed by atoms with Crippen molar-refractivity contribution in [2.75, 3.05) is 20.3 Å². The summed E-state index contributed by atoms with van der Waals surface area (Å²) in [5.41, 5.74) is 5.19. The number of aromatic nitrogens is 2. The maximum atomic E-state index is 12.1. The lowest BCUT2D eigenvalue weighted by molar-refractivity contribution is -0.116. The van der Waals surface area contributed by atoms with Crippen molar-refractivity contribution in [3.63, 3.8) is 0 Å². The molecule has 3 aromatic rings. The number of rotatable bonds is 9. The fourth-order valence-electron chi connectivity index (χ4n) is 3.00. The van der Waals surface area contributed by atoms with Crippen LogP contribution in [0.5, 0.6) is 0 Å². The highest BCUT2D eigenvalue weighted by Gasteiger charge is 2.10. The summed E-state index contributed by atoms with van der Waals surface area (Å²) in [5, 5.41) is 7.66. The van der Waals surface area contributed by atoms with Crippen molar-refractivity contribution in [1.82, 2.24) is 15.1 Å². The fraction of sp³-hybridized carbons (Fsp3) is 0.250. The summed E-state index contributed by atoms with van der Waals surface area (Å²) in [7, 11) is 1.65. The van der Waals surface area contributed by atoms with Crippen molar-refractivity contribution in [2.24, 2.45) is 0 Å². The van der Waals surface area contributed by atoms with Gasteiger partial charge < -0.3 is 10.1 Å². The quantitative estimate of drug-likeness (QED) is 0.443. The summed E-state index contributed by atoms with van der Waals surface area (Å²) in [4.78, 5) is 12.1. The average Bonchev–Trinajstić information content (AvgIpc) is 3.13. The molecular weight excluding hydrogens is 362 g/mol. The molecule has 0 unspecified atom stereocenters. The zero-order chi connectivity index (χ0) is 20.5. The van der Waals surface area contributed by atoms with Gasteiger partial charge in [0, 0.05) is 43.7 Å². The van der Waals surface area contributed by atoms with Crippen LogP contribution in [0.1, 0.15) is 23.1 Å². The molecular formula is C24H27N3O2. The third-order valence-electron chi connectivity index (χ3n) is 4.54. The van der Waals surface area contributed by atoms with Gasteiger partial charge in [-0.25, -0.2) is 0 Å². The molecule has 0 radical (unpaired) electrons. The molecule has 0 aliphatic carbocycles. The van der Waals surface area contributed by atoms with Crippen LogP contribution in [0.3, 0.4) is 0 Å². The Labute approximate surface area is 172 Å². The van der Waals surface area contributed by atoms with Crippen molar-refractivity contribution in [3.8, 4) is 11.3 Å². The van der Waals surface area contributed by atoms with E-state index in [1.165, 1.54) is 11.1 Å². The van der Waals surface area contributed by atoms with Gasteiger partial charge in [-0.2, -0.15) is 5.10 Å². The van der Waals surface area contributed by atoms with Gasteiger partial charge in [-0.1, -0.05) is 60.2 Å². The predicted molar refractivity (Wildman–Crippen MR) is 116 cm³/mol. The van der Waals surface area contributed by atoms with E-state index >= 15 is 0 Å². The summed E-state index contributed by atoms with van der Waals surface area (Å²) in [6.45, 7) is 3.96. The number of benzene rings is 2. The van der Waals surface area contributed by atoms with E-state index in [0.29, 0.717) is 19.7 Å². The van der Waals surface area contributed by atoms with E-state index in [-0.39, 0.29) is 5.91 Å². The van der Waals surface area contributed by atoms with Crippen LogP contribution in [-0.4, -0.2) is 35.9 Å². The van der Waals surface area contributed by atoms with E-state index in [0.717, 1.165) is 23.2 Å². The van der Waals surface area contributed by atoms with Crippen LogP contribution in [0.25, 0.3) is 17.3 Å². The van der Waals surface area contributed by atoms with E-state index in [1.54, 1.807) is 13.2 Å². The highest BCUT2D eigenvalue weighted by atomic mass is 16.5. The molecule has 5 heteroatoms. The topological polar surface area (TPSA) is 56.1 Å². The molecule has 0 saturated carbocycles. The molecule has 0 saturated heterocycles. The molecule has 2 aromatic carbocycles. The zero-order valence-corrected chi connectivity index (χ0v) is 17.0. The van der Waals surface area contributed by atoms with E-state index < -0.39 is 0 Å². The van der Waals surface area contributed by atoms with Gasteiger partial charge >= 0.3 is 0 Å². The van der Waals surface area contributed by atoms with Crippen LogP contribution in [-0.2, 0) is 16.1 Å². The first-order chi connectivity index (χ1) is 14.2.